The van der Waals surface area contributed by atoms with Crippen molar-refractivity contribution in [3.8, 4) is 0 Å². The van der Waals surface area contributed by atoms with Crippen molar-refractivity contribution >= 4 is 0 Å². The first-order chi connectivity index (χ1) is 9.33. The zero-order valence-corrected chi connectivity index (χ0v) is 12.1. The molecule has 19 heavy (non-hydrogen) atoms. The lowest BCUT2D eigenvalue weighted by atomic mass is 9.99. The summed E-state index contributed by atoms with van der Waals surface area (Å²) >= 11 is 0. The summed E-state index contributed by atoms with van der Waals surface area (Å²) in [5.41, 5.74) is 6.35. The van der Waals surface area contributed by atoms with Crippen LogP contribution < -0.4 is 5.73 Å². The highest BCUT2D eigenvalue weighted by atomic mass is 16.5. The van der Waals surface area contributed by atoms with E-state index in [1.165, 1.54) is 51.9 Å². The molecule has 3 aliphatic heterocycles. The Hall–Kier alpha value is -0.160. The maximum absolute atomic E-state index is 6.35. The van der Waals surface area contributed by atoms with Crippen LogP contribution in [0.3, 0.4) is 0 Å². The maximum atomic E-state index is 6.35. The van der Waals surface area contributed by atoms with Crippen LogP contribution in [-0.2, 0) is 4.74 Å². The largest absolute Gasteiger partial charge is 0.381 e. The van der Waals surface area contributed by atoms with E-state index in [2.05, 4.69) is 9.80 Å². The second kappa shape index (κ2) is 6.53. The molecule has 3 rings (SSSR count). The number of nitrogens with two attached hydrogens (primary N) is 1. The first kappa shape index (κ1) is 13.8. The van der Waals surface area contributed by atoms with Crippen LogP contribution in [0, 0.1) is 5.92 Å². The van der Waals surface area contributed by atoms with Crippen molar-refractivity contribution in [1.82, 2.24) is 9.80 Å². The molecule has 2 N–H and O–H groups in total. The highest BCUT2D eigenvalue weighted by Crippen LogP contribution is 2.22. The third-order valence-corrected chi connectivity index (χ3v) is 5.19. The molecule has 0 spiro atoms. The van der Waals surface area contributed by atoms with Gasteiger partial charge >= 0.3 is 0 Å². The third kappa shape index (κ3) is 3.48. The number of hydrogen-bond acceptors (Lipinski definition) is 4. The van der Waals surface area contributed by atoms with Gasteiger partial charge in [-0.25, -0.2) is 0 Å². The quantitative estimate of drug-likeness (QED) is 0.822. The van der Waals surface area contributed by atoms with E-state index in [4.69, 9.17) is 10.5 Å². The van der Waals surface area contributed by atoms with Gasteiger partial charge in [0.2, 0.25) is 0 Å². The molecule has 3 saturated heterocycles. The lowest BCUT2D eigenvalue weighted by Gasteiger charge is -2.32. The van der Waals surface area contributed by atoms with Crippen molar-refractivity contribution in [2.24, 2.45) is 11.7 Å². The molecular weight excluding hydrogens is 238 g/mol. The molecule has 0 saturated carbocycles. The number of likely N-dealkylation sites (tertiary alicyclic amines) is 2. The van der Waals surface area contributed by atoms with E-state index in [9.17, 15) is 0 Å². The molecule has 0 amide bonds. The fourth-order valence-corrected chi connectivity index (χ4v) is 3.90. The summed E-state index contributed by atoms with van der Waals surface area (Å²) in [6.45, 7) is 7.98. The van der Waals surface area contributed by atoms with Gasteiger partial charge in [0.25, 0.3) is 0 Å². The molecule has 4 nitrogen and oxygen atoms in total. The van der Waals surface area contributed by atoms with Gasteiger partial charge in [-0.1, -0.05) is 6.42 Å². The molecule has 3 unspecified atom stereocenters. The third-order valence-electron chi connectivity index (χ3n) is 5.19. The van der Waals surface area contributed by atoms with Gasteiger partial charge in [0.15, 0.2) is 0 Å². The minimum Gasteiger partial charge on any atom is -0.381 e. The van der Waals surface area contributed by atoms with Crippen molar-refractivity contribution in [1.29, 1.82) is 0 Å². The molecule has 3 heterocycles. The standard InChI is InChI=1S/C15H29N3O/c16-15(13-5-9-19-12-13)11-17-8-4-14(10-17)18-6-2-1-3-7-18/h13-15H,1-12,16H2. The van der Waals surface area contributed by atoms with Gasteiger partial charge in [0.1, 0.15) is 0 Å². The lowest BCUT2D eigenvalue weighted by Crippen LogP contribution is -2.44. The smallest absolute Gasteiger partial charge is 0.0510 e. The van der Waals surface area contributed by atoms with Crippen molar-refractivity contribution < 1.29 is 4.74 Å². The minimum atomic E-state index is 0.308. The van der Waals surface area contributed by atoms with E-state index >= 15 is 0 Å². The molecule has 3 fully saturated rings. The Bertz CT molecular complexity index is 275. The molecule has 4 heteroatoms. The van der Waals surface area contributed by atoms with Gasteiger partial charge in [-0.2, -0.15) is 0 Å². The second-order valence-corrected chi connectivity index (χ2v) is 6.59. The predicted molar refractivity (Wildman–Crippen MR) is 77.2 cm³/mol. The number of piperidine rings is 1. The fourth-order valence-electron chi connectivity index (χ4n) is 3.90. The minimum absolute atomic E-state index is 0.308. The van der Waals surface area contributed by atoms with E-state index in [1.54, 1.807) is 0 Å². The van der Waals surface area contributed by atoms with Gasteiger partial charge in [0.05, 0.1) is 6.61 Å². The first-order valence-electron chi connectivity index (χ1n) is 8.12. The summed E-state index contributed by atoms with van der Waals surface area (Å²) in [7, 11) is 0. The summed E-state index contributed by atoms with van der Waals surface area (Å²) in [6.07, 6.45) is 6.72. The Labute approximate surface area is 117 Å². The van der Waals surface area contributed by atoms with Crippen LogP contribution in [0.2, 0.25) is 0 Å². The lowest BCUT2D eigenvalue weighted by molar-refractivity contribution is 0.155. The Morgan fingerprint density at radius 2 is 1.95 bits per heavy atom. The highest BCUT2D eigenvalue weighted by Gasteiger charge is 2.31. The fraction of sp³-hybridized carbons (Fsp3) is 1.00. The van der Waals surface area contributed by atoms with Crippen LogP contribution in [0.1, 0.15) is 32.1 Å². The van der Waals surface area contributed by atoms with Gasteiger partial charge < -0.3 is 15.4 Å². The van der Waals surface area contributed by atoms with Gasteiger partial charge in [0, 0.05) is 37.7 Å². The number of rotatable bonds is 4. The molecule has 0 aromatic rings. The summed E-state index contributed by atoms with van der Waals surface area (Å²) in [6, 6.07) is 1.11. The Balaban J connectivity index is 1.43. The highest BCUT2D eigenvalue weighted by molar-refractivity contribution is 4.88. The zero-order chi connectivity index (χ0) is 13.1. The van der Waals surface area contributed by atoms with Gasteiger partial charge in [-0.05, 0) is 45.3 Å². The molecule has 3 aliphatic rings. The number of hydrogen-bond donors (Lipinski definition) is 1. The topological polar surface area (TPSA) is 41.7 Å². The molecule has 3 atom stereocenters. The summed E-state index contributed by atoms with van der Waals surface area (Å²) < 4.78 is 5.45. The molecular formula is C15H29N3O. The summed E-state index contributed by atoms with van der Waals surface area (Å²) in [4.78, 5) is 5.30. The average molecular weight is 267 g/mol. The number of ether oxygens (including phenoxy) is 1. The monoisotopic (exact) mass is 267 g/mol. The van der Waals surface area contributed by atoms with Crippen LogP contribution in [0.5, 0.6) is 0 Å². The Morgan fingerprint density at radius 3 is 2.68 bits per heavy atom. The number of nitrogens with zero attached hydrogens (tertiary/aromatic N) is 2. The van der Waals surface area contributed by atoms with E-state index in [-0.39, 0.29) is 0 Å². The molecule has 0 bridgehead atoms. The molecule has 0 radical (unpaired) electrons. The Kier molecular flexibility index (Phi) is 4.74. The Morgan fingerprint density at radius 1 is 1.11 bits per heavy atom. The average Bonchev–Trinajstić information content (AvgIpc) is 3.11. The van der Waals surface area contributed by atoms with Crippen molar-refractivity contribution in [3.05, 3.63) is 0 Å². The van der Waals surface area contributed by atoms with Crippen LogP contribution in [0.4, 0.5) is 0 Å². The van der Waals surface area contributed by atoms with Gasteiger partial charge in [-0.3, -0.25) is 4.90 Å². The molecule has 0 aromatic carbocycles. The normalized spacial score (nSPS) is 35.8. The SMILES string of the molecule is NC(CN1CCC(N2CCCCC2)C1)C1CCOC1. The van der Waals surface area contributed by atoms with E-state index in [0.717, 1.165) is 32.2 Å². The van der Waals surface area contributed by atoms with Crippen molar-refractivity contribution in [3.63, 3.8) is 0 Å². The first-order valence-corrected chi connectivity index (χ1v) is 8.12. The van der Waals surface area contributed by atoms with Gasteiger partial charge in [-0.15, -0.1) is 0 Å². The maximum Gasteiger partial charge on any atom is 0.0510 e. The predicted octanol–water partition coefficient (Wildman–Crippen LogP) is 0.910. The van der Waals surface area contributed by atoms with Crippen molar-refractivity contribution in [2.45, 2.75) is 44.2 Å². The van der Waals surface area contributed by atoms with Crippen LogP contribution in [0.15, 0.2) is 0 Å². The van der Waals surface area contributed by atoms with Crippen LogP contribution >= 0.6 is 0 Å². The zero-order valence-electron chi connectivity index (χ0n) is 12.1. The molecule has 0 aromatic heterocycles. The van der Waals surface area contributed by atoms with E-state index in [1.807, 2.05) is 0 Å². The summed E-state index contributed by atoms with van der Waals surface area (Å²) in [5.74, 6) is 0.592. The van der Waals surface area contributed by atoms with Crippen LogP contribution in [-0.4, -0.2) is 67.8 Å². The van der Waals surface area contributed by atoms with Crippen LogP contribution in [0.25, 0.3) is 0 Å². The molecule has 110 valence electrons. The van der Waals surface area contributed by atoms with Crippen molar-refractivity contribution in [2.75, 3.05) is 45.9 Å². The summed E-state index contributed by atoms with van der Waals surface area (Å²) in [5, 5.41) is 0. The van der Waals surface area contributed by atoms with E-state index in [0.29, 0.717) is 12.0 Å². The second-order valence-electron chi connectivity index (χ2n) is 6.59. The molecule has 0 aliphatic carbocycles. The van der Waals surface area contributed by atoms with E-state index < -0.39 is 0 Å².